The number of fused-ring (bicyclic) bond motifs is 5. The molecule has 3 aromatic carbocycles. The van der Waals surface area contributed by atoms with Crippen LogP contribution in [0.4, 0.5) is 11.6 Å². The Kier molecular flexibility index (Phi) is 14.4. The molecule has 9 N–H and O–H groups in total. The van der Waals surface area contributed by atoms with E-state index in [9.17, 15) is 43.0 Å². The Hall–Kier alpha value is -6.50. The number of rotatable bonds is 14. The number of nitrogens with two attached hydrogens (primary N) is 1. The number of H-pyrrole nitrogens is 1. The number of aromatic nitrogens is 3. The summed E-state index contributed by atoms with van der Waals surface area (Å²) in [4.78, 5) is 86.7. The van der Waals surface area contributed by atoms with Crippen molar-refractivity contribution in [3.63, 3.8) is 0 Å². The number of anilines is 2. The summed E-state index contributed by atoms with van der Waals surface area (Å²) in [6.45, 7) is 17.4. The monoisotopic (exact) mass is 1120 g/mol. The Bertz CT molecular complexity index is 3850. The standard InChI is InChI=1S/C51H56N7O16P3/c1-9-57-38-21-40-36(19-33(38)27(3)23-50(57,5)6)44(37-20-34-28(4)24-51(7,8)58(10-2)39(34)22-41(37)72-40)35-18-29(13-15-32(35)48(61)62)46(59)53-17-11-12-30-25-56(45-43(30)47(60)55-49(52)54-45)42-16-14-31(71-42)26-70-76(66,67)74-77(68,69)73-75(63,64)65/h13,15,18-25,31,42H,9-10,14,16-17,26H2,1-8H3,(H8-,52,53,54,55,59,60,61,62,63,64,65,66,67,68,69)/p+1/t31-,42+/m0/s1. The van der Waals surface area contributed by atoms with E-state index in [2.05, 4.69) is 113 Å². The summed E-state index contributed by atoms with van der Waals surface area (Å²) in [5.41, 5.74) is 11.5. The topological polar surface area (TPSA) is 328 Å². The highest BCUT2D eigenvalue weighted by atomic mass is 31.3. The van der Waals surface area contributed by atoms with Crippen molar-refractivity contribution >= 4 is 74.7 Å². The Morgan fingerprint density at radius 3 is 2.35 bits per heavy atom. The summed E-state index contributed by atoms with van der Waals surface area (Å²) in [6.07, 6.45) is 4.49. The number of hydrogen-bond donors (Lipinski definition) is 8. The summed E-state index contributed by atoms with van der Waals surface area (Å²) in [6, 6.07) is 12.5. The van der Waals surface area contributed by atoms with E-state index >= 15 is 0 Å². The molecule has 77 heavy (non-hydrogen) atoms. The van der Waals surface area contributed by atoms with Gasteiger partial charge in [-0.3, -0.25) is 19.1 Å². The lowest BCUT2D eigenvalue weighted by atomic mass is 9.83. The molecule has 0 radical (unpaired) electrons. The van der Waals surface area contributed by atoms with E-state index in [0.29, 0.717) is 46.5 Å². The highest BCUT2D eigenvalue weighted by molar-refractivity contribution is 7.66. The smallest absolute Gasteiger partial charge is 0.478 e. The van der Waals surface area contributed by atoms with Crippen LogP contribution in [0.5, 0.6) is 11.5 Å². The van der Waals surface area contributed by atoms with E-state index < -0.39 is 59.8 Å². The molecule has 1 amide bonds. The van der Waals surface area contributed by atoms with Crippen molar-refractivity contribution in [2.75, 3.05) is 36.9 Å². The number of amides is 1. The number of allylic oxidation sites excluding steroid dienone is 2. The summed E-state index contributed by atoms with van der Waals surface area (Å²) < 4.78 is 64.0. The van der Waals surface area contributed by atoms with Gasteiger partial charge in [0.2, 0.25) is 11.3 Å². The quantitative estimate of drug-likeness (QED) is 0.0358. The fourth-order valence-electron chi connectivity index (χ4n) is 10.9. The maximum absolute atomic E-state index is 14.1. The highest BCUT2D eigenvalue weighted by Gasteiger charge is 2.42. The number of ether oxygens (including phenoxy) is 2. The average Bonchev–Trinajstić information content (AvgIpc) is 4.02. The number of phosphoric ester groups is 1. The van der Waals surface area contributed by atoms with Crippen molar-refractivity contribution in [1.82, 2.24) is 24.4 Å². The Balaban J connectivity index is 1.04. The molecule has 4 atom stereocenters. The highest BCUT2D eigenvalue weighted by Crippen LogP contribution is 2.66. The fourth-order valence-corrected chi connectivity index (χ4v) is 14.0. The number of hydrogen-bond acceptors (Lipinski definition) is 14. The van der Waals surface area contributed by atoms with Crippen molar-refractivity contribution in [2.24, 2.45) is 0 Å². The minimum Gasteiger partial charge on any atom is -0.478 e. The first kappa shape index (κ1) is 55.3. The minimum absolute atomic E-state index is 0.0254. The van der Waals surface area contributed by atoms with Crippen LogP contribution < -0.4 is 41.4 Å². The average molecular weight is 1120 g/mol. The lowest BCUT2D eigenvalue weighted by Gasteiger charge is -2.43. The van der Waals surface area contributed by atoms with Gasteiger partial charge in [0.25, 0.3) is 11.5 Å². The molecule has 26 heteroatoms. The number of carbonyl (C=O) groups is 2. The van der Waals surface area contributed by atoms with Crippen molar-refractivity contribution < 1.29 is 70.6 Å². The summed E-state index contributed by atoms with van der Waals surface area (Å²) in [7, 11) is -16.8. The molecule has 1 saturated heterocycles. The Morgan fingerprint density at radius 2 is 1.66 bits per heavy atom. The number of phosphoric acid groups is 3. The molecule has 0 aliphatic carbocycles. The first-order chi connectivity index (χ1) is 36.0. The predicted molar refractivity (Wildman–Crippen MR) is 284 cm³/mol. The number of nitrogen functional groups attached to an aromatic ring is 1. The maximum atomic E-state index is 14.1. The molecule has 1 fully saturated rings. The summed E-state index contributed by atoms with van der Waals surface area (Å²) in [5.74, 6) is 4.83. The molecule has 9 rings (SSSR count). The maximum Gasteiger partial charge on any atom is 0.490 e. The fraction of sp³-hybridized carbons (Fsp3) is 0.353. The second-order valence-corrected chi connectivity index (χ2v) is 24.4. The van der Waals surface area contributed by atoms with E-state index in [-0.39, 0.29) is 64.1 Å². The van der Waals surface area contributed by atoms with Crippen LogP contribution in [0.15, 0.2) is 65.6 Å². The van der Waals surface area contributed by atoms with Gasteiger partial charge in [-0.2, -0.15) is 13.6 Å². The van der Waals surface area contributed by atoms with Gasteiger partial charge in [0.1, 0.15) is 24.3 Å². The van der Waals surface area contributed by atoms with Gasteiger partial charge in [0.15, 0.2) is 11.2 Å². The van der Waals surface area contributed by atoms with Gasteiger partial charge >= 0.3 is 29.4 Å². The number of aromatic carboxylic acids is 1. The molecule has 0 bridgehead atoms. The van der Waals surface area contributed by atoms with Gasteiger partial charge in [0.05, 0.1) is 47.4 Å². The molecule has 2 aromatic heterocycles. The largest absolute Gasteiger partial charge is 0.490 e. The third kappa shape index (κ3) is 10.9. The third-order valence-electron chi connectivity index (χ3n) is 13.8. The van der Waals surface area contributed by atoms with Crippen molar-refractivity contribution in [1.29, 1.82) is 0 Å². The van der Waals surface area contributed by atoms with Gasteiger partial charge < -0.3 is 54.7 Å². The van der Waals surface area contributed by atoms with E-state index in [0.717, 1.165) is 33.3 Å². The SMILES string of the molecule is CCN1c2cc3c(cc2C(C)=CC1(C)C)C(c1cc(C(=O)NCC#Cc2cn([C@H]4CC[C@@H](COP(=O)(O)OP(=O)(O)OP(=O)(O)O)O4)c4nc(N)[nH]c(=O)c24)ccc1C(=O)O)=c1cc2c(cc1O3)=[N+](CC)C(C)(C)C=C2C. The number of benzene rings is 3. The lowest BCUT2D eigenvalue weighted by Crippen LogP contribution is -2.49. The number of carboxylic acids is 1. The van der Waals surface area contributed by atoms with Gasteiger partial charge in [-0.1, -0.05) is 17.9 Å². The first-order valence-corrected chi connectivity index (χ1v) is 28.9. The number of carboxylic acid groups (broad SMARTS) is 1. The zero-order valence-corrected chi connectivity index (χ0v) is 45.8. The molecule has 5 aromatic rings. The van der Waals surface area contributed by atoms with Crippen LogP contribution in [0.3, 0.4) is 0 Å². The number of nitrogens with zero attached hydrogens (tertiary/aromatic N) is 4. The van der Waals surface area contributed by atoms with Crippen molar-refractivity contribution in [3.8, 4) is 23.3 Å². The van der Waals surface area contributed by atoms with E-state index in [4.69, 9.17) is 29.5 Å². The molecule has 4 aliphatic rings. The van der Waals surface area contributed by atoms with Gasteiger partial charge in [-0.25, -0.2) is 23.1 Å². The van der Waals surface area contributed by atoms with Crippen LogP contribution in [0.2, 0.25) is 0 Å². The molecular formula is C51H57N7O16P3+. The predicted octanol–water partition coefficient (Wildman–Crippen LogP) is 5.89. The minimum atomic E-state index is -5.74. The molecule has 0 spiro atoms. The van der Waals surface area contributed by atoms with Crippen molar-refractivity contribution in [2.45, 2.75) is 91.6 Å². The zero-order chi connectivity index (χ0) is 55.9. The van der Waals surface area contributed by atoms with Gasteiger partial charge in [0, 0.05) is 71.4 Å². The van der Waals surface area contributed by atoms with E-state index in [1.54, 1.807) is 6.07 Å². The van der Waals surface area contributed by atoms with Crippen LogP contribution >= 0.6 is 23.5 Å². The van der Waals surface area contributed by atoms with Gasteiger partial charge in [-0.15, -0.1) is 0 Å². The van der Waals surface area contributed by atoms with Gasteiger partial charge in [-0.05, 0) is 108 Å². The van der Waals surface area contributed by atoms with Crippen LogP contribution in [0.1, 0.15) is 123 Å². The van der Waals surface area contributed by atoms with E-state index in [1.165, 1.54) is 22.9 Å². The molecule has 2 unspecified atom stereocenters. The Labute approximate surface area is 440 Å². The molecular weight excluding hydrogens is 1060 g/mol. The van der Waals surface area contributed by atoms with E-state index in [1.807, 2.05) is 24.3 Å². The number of likely N-dealkylation sites (N-methyl/N-ethyl adjacent to an activating group) is 2. The number of carbonyl (C=O) groups excluding carboxylic acids is 1. The molecule has 23 nitrogen and oxygen atoms in total. The summed E-state index contributed by atoms with van der Waals surface area (Å²) >= 11 is 0. The lowest BCUT2D eigenvalue weighted by molar-refractivity contribution is -0.0202. The van der Waals surface area contributed by atoms with Crippen LogP contribution in [0, 0.1) is 11.8 Å². The number of aromatic amines is 1. The summed E-state index contributed by atoms with van der Waals surface area (Å²) in [5, 5.41) is 15.3. The second kappa shape index (κ2) is 20.1. The number of nitrogens with one attached hydrogen (secondary N) is 2. The third-order valence-corrected chi connectivity index (χ3v) is 17.6. The van der Waals surface area contributed by atoms with Crippen molar-refractivity contribution in [3.05, 3.63) is 121 Å². The van der Waals surface area contributed by atoms with Crippen LogP contribution in [-0.4, -0.2) is 94.5 Å². The molecule has 4 aliphatic heterocycles. The normalized spacial score (nSPS) is 19.8. The molecule has 6 heterocycles. The molecule has 0 saturated carbocycles. The van der Waals surface area contributed by atoms with Crippen LogP contribution in [0.25, 0.3) is 27.8 Å². The van der Waals surface area contributed by atoms with Crippen LogP contribution in [-0.2, 0) is 31.6 Å². The zero-order valence-electron chi connectivity index (χ0n) is 43.1. The second-order valence-electron chi connectivity index (χ2n) is 20.0. The Morgan fingerprint density at radius 1 is 0.935 bits per heavy atom. The first-order valence-electron chi connectivity index (χ1n) is 24.4. The molecule has 406 valence electrons.